The minimum Gasteiger partial charge on any atom is -0.326 e. The second-order valence-electron chi connectivity index (χ2n) is 3.27. The van der Waals surface area contributed by atoms with Crippen LogP contribution in [0.2, 0.25) is 0 Å². The van der Waals surface area contributed by atoms with Crippen LogP contribution in [0.1, 0.15) is 29.9 Å². The van der Waals surface area contributed by atoms with Crippen LogP contribution in [0.4, 0.5) is 0 Å². The van der Waals surface area contributed by atoms with Gasteiger partial charge in [0, 0.05) is 17.8 Å². The molecule has 0 spiro atoms. The molecule has 0 fully saturated rings. The van der Waals surface area contributed by atoms with Crippen molar-refractivity contribution in [1.82, 2.24) is 9.78 Å². The second kappa shape index (κ2) is 3.75. The molecule has 0 aliphatic rings. The number of aryl methyl sites for hydroxylation is 1. The lowest BCUT2D eigenvalue weighted by Gasteiger charge is -2.09. The average molecular weight is 179 g/mol. The molecule has 1 aromatic rings. The largest absolute Gasteiger partial charge is 0.326 e. The lowest BCUT2D eigenvalue weighted by molar-refractivity contribution is 0.561. The van der Waals surface area contributed by atoms with E-state index in [2.05, 4.69) is 18.6 Å². The SMILES string of the molecule is C=CC(C)n1nc(C)c(CN)c1C. The number of hydrogen-bond acceptors (Lipinski definition) is 2. The van der Waals surface area contributed by atoms with Crippen molar-refractivity contribution in [3.05, 3.63) is 29.6 Å². The Morgan fingerprint density at radius 3 is 2.62 bits per heavy atom. The minimum absolute atomic E-state index is 0.235. The first-order valence-corrected chi connectivity index (χ1v) is 4.49. The zero-order valence-corrected chi connectivity index (χ0v) is 8.54. The Labute approximate surface area is 79.2 Å². The van der Waals surface area contributed by atoms with Crippen LogP contribution < -0.4 is 5.73 Å². The van der Waals surface area contributed by atoms with Gasteiger partial charge in [-0.2, -0.15) is 5.10 Å². The molecule has 0 aromatic carbocycles. The maximum atomic E-state index is 5.63. The van der Waals surface area contributed by atoms with Crippen molar-refractivity contribution in [2.75, 3.05) is 0 Å². The van der Waals surface area contributed by atoms with Crippen molar-refractivity contribution >= 4 is 0 Å². The predicted octanol–water partition coefficient (Wildman–Crippen LogP) is 1.71. The van der Waals surface area contributed by atoms with Crippen LogP contribution in [-0.2, 0) is 6.54 Å². The van der Waals surface area contributed by atoms with Crippen molar-refractivity contribution in [3.63, 3.8) is 0 Å². The molecular formula is C10H17N3. The molecule has 0 bridgehead atoms. The molecule has 0 radical (unpaired) electrons. The molecule has 3 nitrogen and oxygen atoms in total. The Hall–Kier alpha value is -1.09. The molecule has 0 aliphatic heterocycles. The van der Waals surface area contributed by atoms with E-state index in [0.29, 0.717) is 6.54 Å². The fourth-order valence-electron chi connectivity index (χ4n) is 1.49. The van der Waals surface area contributed by atoms with Crippen LogP contribution in [0.15, 0.2) is 12.7 Å². The highest BCUT2D eigenvalue weighted by atomic mass is 15.3. The molecule has 1 aromatic heterocycles. The highest BCUT2D eigenvalue weighted by Crippen LogP contribution is 2.16. The second-order valence-corrected chi connectivity index (χ2v) is 3.27. The van der Waals surface area contributed by atoms with E-state index < -0.39 is 0 Å². The molecule has 1 unspecified atom stereocenters. The first kappa shape index (κ1) is 9.99. The monoisotopic (exact) mass is 179 g/mol. The van der Waals surface area contributed by atoms with Gasteiger partial charge < -0.3 is 5.73 Å². The molecule has 3 heteroatoms. The highest BCUT2D eigenvalue weighted by molar-refractivity contribution is 5.24. The summed E-state index contributed by atoms with van der Waals surface area (Å²) in [7, 11) is 0. The molecule has 1 atom stereocenters. The van der Waals surface area contributed by atoms with Crippen molar-refractivity contribution in [2.45, 2.75) is 33.4 Å². The zero-order valence-electron chi connectivity index (χ0n) is 8.54. The van der Waals surface area contributed by atoms with Crippen LogP contribution in [0.5, 0.6) is 0 Å². The van der Waals surface area contributed by atoms with E-state index in [1.165, 1.54) is 0 Å². The summed E-state index contributed by atoms with van der Waals surface area (Å²) in [6.45, 7) is 10.4. The van der Waals surface area contributed by atoms with E-state index in [4.69, 9.17) is 5.73 Å². The third-order valence-corrected chi connectivity index (χ3v) is 2.41. The van der Waals surface area contributed by atoms with Gasteiger partial charge in [-0.25, -0.2) is 0 Å². The molecule has 0 amide bonds. The van der Waals surface area contributed by atoms with E-state index in [1.54, 1.807) is 0 Å². The Balaban J connectivity index is 3.17. The number of nitrogens with zero attached hydrogens (tertiary/aromatic N) is 2. The van der Waals surface area contributed by atoms with Gasteiger partial charge >= 0.3 is 0 Å². The number of rotatable bonds is 3. The summed E-state index contributed by atoms with van der Waals surface area (Å²) < 4.78 is 1.96. The molecule has 72 valence electrons. The first-order valence-electron chi connectivity index (χ1n) is 4.49. The average Bonchev–Trinajstić information content (AvgIpc) is 2.40. The van der Waals surface area contributed by atoms with Crippen molar-refractivity contribution < 1.29 is 0 Å². The van der Waals surface area contributed by atoms with E-state index in [9.17, 15) is 0 Å². The smallest absolute Gasteiger partial charge is 0.0671 e. The maximum Gasteiger partial charge on any atom is 0.0671 e. The first-order chi connectivity index (χ1) is 6.11. The van der Waals surface area contributed by atoms with E-state index >= 15 is 0 Å². The lowest BCUT2D eigenvalue weighted by atomic mass is 10.2. The van der Waals surface area contributed by atoms with E-state index in [-0.39, 0.29) is 6.04 Å². The molecule has 13 heavy (non-hydrogen) atoms. The van der Waals surface area contributed by atoms with Gasteiger partial charge in [-0.15, -0.1) is 6.58 Å². The zero-order chi connectivity index (χ0) is 10.0. The topological polar surface area (TPSA) is 43.8 Å². The molecule has 0 saturated carbocycles. The highest BCUT2D eigenvalue weighted by Gasteiger charge is 2.11. The lowest BCUT2D eigenvalue weighted by Crippen LogP contribution is -2.07. The summed E-state index contributed by atoms with van der Waals surface area (Å²) >= 11 is 0. The summed E-state index contributed by atoms with van der Waals surface area (Å²) in [5, 5.41) is 4.42. The third kappa shape index (κ3) is 1.65. The Morgan fingerprint density at radius 2 is 2.23 bits per heavy atom. The van der Waals surface area contributed by atoms with Crippen LogP contribution in [0, 0.1) is 13.8 Å². The van der Waals surface area contributed by atoms with Crippen LogP contribution in [-0.4, -0.2) is 9.78 Å². The van der Waals surface area contributed by atoms with Gasteiger partial charge in [0.05, 0.1) is 11.7 Å². The van der Waals surface area contributed by atoms with Gasteiger partial charge in [0.25, 0.3) is 0 Å². The van der Waals surface area contributed by atoms with Gasteiger partial charge in [-0.1, -0.05) is 6.08 Å². The third-order valence-electron chi connectivity index (χ3n) is 2.41. The minimum atomic E-state index is 0.235. The fraction of sp³-hybridized carbons (Fsp3) is 0.500. The standard InChI is InChI=1S/C10H17N3/c1-5-7(2)13-9(4)10(6-11)8(3)12-13/h5,7H,1,6,11H2,2-4H3. The predicted molar refractivity (Wildman–Crippen MR) is 54.5 cm³/mol. The Kier molecular flexibility index (Phi) is 2.88. The number of hydrogen-bond donors (Lipinski definition) is 1. The summed E-state index contributed by atoms with van der Waals surface area (Å²) in [4.78, 5) is 0. The van der Waals surface area contributed by atoms with Crippen molar-refractivity contribution in [3.8, 4) is 0 Å². The van der Waals surface area contributed by atoms with Gasteiger partial charge in [0.1, 0.15) is 0 Å². The molecule has 0 aliphatic carbocycles. The summed E-state index contributed by atoms with van der Waals surface area (Å²) in [5.41, 5.74) is 8.94. The molecule has 2 N–H and O–H groups in total. The Morgan fingerprint density at radius 1 is 1.62 bits per heavy atom. The van der Waals surface area contributed by atoms with Gasteiger partial charge in [-0.05, 0) is 20.8 Å². The van der Waals surface area contributed by atoms with Crippen molar-refractivity contribution in [2.24, 2.45) is 5.73 Å². The van der Waals surface area contributed by atoms with Crippen LogP contribution in [0.25, 0.3) is 0 Å². The van der Waals surface area contributed by atoms with E-state index in [0.717, 1.165) is 17.0 Å². The number of allylic oxidation sites excluding steroid dienone is 1. The fourth-order valence-corrected chi connectivity index (χ4v) is 1.49. The van der Waals surface area contributed by atoms with E-state index in [1.807, 2.05) is 24.6 Å². The molecule has 0 saturated heterocycles. The van der Waals surface area contributed by atoms with Gasteiger partial charge in [-0.3, -0.25) is 4.68 Å². The molecule has 1 heterocycles. The summed E-state index contributed by atoms with van der Waals surface area (Å²) in [6, 6.07) is 0.235. The normalized spacial score (nSPS) is 12.9. The number of nitrogens with two attached hydrogens (primary N) is 1. The molecular weight excluding hydrogens is 162 g/mol. The molecule has 1 rings (SSSR count). The summed E-state index contributed by atoms with van der Waals surface area (Å²) in [6.07, 6.45) is 1.87. The van der Waals surface area contributed by atoms with Crippen molar-refractivity contribution in [1.29, 1.82) is 0 Å². The maximum absolute atomic E-state index is 5.63. The van der Waals surface area contributed by atoms with Gasteiger partial charge in [0.2, 0.25) is 0 Å². The summed E-state index contributed by atoms with van der Waals surface area (Å²) in [5.74, 6) is 0. The van der Waals surface area contributed by atoms with Gasteiger partial charge in [0.15, 0.2) is 0 Å². The Bertz CT molecular complexity index is 312. The quantitative estimate of drug-likeness (QED) is 0.718. The van der Waals surface area contributed by atoms with Crippen LogP contribution >= 0.6 is 0 Å². The number of aromatic nitrogens is 2. The van der Waals surface area contributed by atoms with Crippen LogP contribution in [0.3, 0.4) is 0 Å².